The van der Waals surface area contributed by atoms with Crippen LogP contribution >= 0.6 is 0 Å². The van der Waals surface area contributed by atoms with Crippen molar-refractivity contribution in [2.24, 2.45) is 5.92 Å². The number of hydrogen-bond donors (Lipinski definition) is 4. The molecule has 2 atom stereocenters. The first-order valence-electron chi connectivity index (χ1n) is 14.7. The maximum Gasteiger partial charge on any atom is 0.326 e. The molecule has 2 bridgehead atoms. The molecule has 4 rings (SSSR count). The second kappa shape index (κ2) is 14.6. The highest BCUT2D eigenvalue weighted by Gasteiger charge is 2.26. The molecule has 1 aromatic carbocycles. The lowest BCUT2D eigenvalue weighted by atomic mass is 9.98. The summed E-state index contributed by atoms with van der Waals surface area (Å²) in [6, 6.07) is 5.31. The molecule has 2 aromatic heterocycles. The molecule has 4 amide bonds. The number of nitrogens with one attached hydrogen (secondary N) is 4. The summed E-state index contributed by atoms with van der Waals surface area (Å²) in [5.41, 5.74) is 1.29. The Kier molecular flexibility index (Phi) is 10.6. The number of halogens is 1. The zero-order valence-corrected chi connectivity index (χ0v) is 24.5. The van der Waals surface area contributed by atoms with Crippen molar-refractivity contribution in [3.63, 3.8) is 0 Å². The third kappa shape index (κ3) is 8.05. The van der Waals surface area contributed by atoms with E-state index < -0.39 is 17.8 Å². The van der Waals surface area contributed by atoms with Gasteiger partial charge in [-0.3, -0.25) is 28.7 Å². The van der Waals surface area contributed by atoms with Gasteiger partial charge in [0, 0.05) is 50.9 Å². The largest absolute Gasteiger partial charge is 0.354 e. The lowest BCUT2D eigenvalue weighted by Crippen LogP contribution is -2.50. The molecule has 3 heterocycles. The fourth-order valence-corrected chi connectivity index (χ4v) is 5.05. The first kappa shape index (κ1) is 31.4. The van der Waals surface area contributed by atoms with Crippen molar-refractivity contribution < 1.29 is 23.6 Å². The van der Waals surface area contributed by atoms with Crippen LogP contribution in [0.5, 0.6) is 0 Å². The van der Waals surface area contributed by atoms with Gasteiger partial charge in [-0.05, 0) is 49.4 Å². The Morgan fingerprint density at radius 2 is 1.77 bits per heavy atom. The number of imidazole rings is 1. The van der Waals surface area contributed by atoms with Gasteiger partial charge < -0.3 is 25.8 Å². The molecular weight excluding hydrogens is 557 g/mol. The van der Waals surface area contributed by atoms with Crippen molar-refractivity contribution in [2.45, 2.75) is 58.5 Å². The fraction of sp³-hybridized carbons (Fsp3) is 0.467. The Morgan fingerprint density at radius 3 is 2.53 bits per heavy atom. The van der Waals surface area contributed by atoms with Crippen LogP contribution in [0.2, 0.25) is 0 Å². The number of amides is 4. The van der Waals surface area contributed by atoms with Gasteiger partial charge in [0.15, 0.2) is 0 Å². The van der Waals surface area contributed by atoms with E-state index in [9.17, 15) is 28.4 Å². The summed E-state index contributed by atoms with van der Waals surface area (Å²) in [6.07, 6.45) is 4.21. The molecule has 3 aromatic rings. The van der Waals surface area contributed by atoms with E-state index in [2.05, 4.69) is 25.9 Å². The van der Waals surface area contributed by atoms with Crippen LogP contribution in [0.3, 0.4) is 0 Å². The van der Waals surface area contributed by atoms with Crippen LogP contribution in [0.25, 0.3) is 11.0 Å². The molecule has 0 radical (unpaired) electrons. The zero-order chi connectivity index (χ0) is 30.9. The second-order valence-electron chi connectivity index (χ2n) is 10.8. The van der Waals surface area contributed by atoms with Crippen LogP contribution in [0.4, 0.5) is 4.39 Å². The first-order chi connectivity index (χ1) is 20.7. The predicted octanol–water partition coefficient (Wildman–Crippen LogP) is 1.96. The molecular formula is C30H38FN7O5. The first-order valence-corrected chi connectivity index (χ1v) is 14.7. The van der Waals surface area contributed by atoms with Gasteiger partial charge in [0.1, 0.15) is 11.9 Å². The van der Waals surface area contributed by atoms with Gasteiger partial charge in [0.05, 0.1) is 22.8 Å². The highest BCUT2D eigenvalue weighted by molar-refractivity contribution is 5.97. The molecule has 230 valence electrons. The van der Waals surface area contributed by atoms with E-state index >= 15 is 0 Å². The minimum Gasteiger partial charge on any atom is -0.354 e. The number of fused-ring (bicyclic) bond motifs is 1. The summed E-state index contributed by atoms with van der Waals surface area (Å²) in [4.78, 5) is 72.7. The van der Waals surface area contributed by atoms with Gasteiger partial charge in [0.2, 0.25) is 11.8 Å². The number of hydrogen-bond acceptors (Lipinski definition) is 6. The number of rotatable bonds is 3. The predicted molar refractivity (Wildman–Crippen MR) is 158 cm³/mol. The van der Waals surface area contributed by atoms with Crippen molar-refractivity contribution >= 4 is 34.7 Å². The zero-order valence-electron chi connectivity index (χ0n) is 24.5. The molecule has 12 nitrogen and oxygen atoms in total. The van der Waals surface area contributed by atoms with E-state index in [1.54, 1.807) is 18.2 Å². The fourth-order valence-electron chi connectivity index (χ4n) is 5.05. The Hall–Kier alpha value is -4.55. The van der Waals surface area contributed by atoms with Crippen molar-refractivity contribution in [1.29, 1.82) is 0 Å². The average Bonchev–Trinajstić information content (AvgIpc) is 3.31. The third-order valence-electron chi connectivity index (χ3n) is 7.67. The topological polar surface area (TPSA) is 158 Å². The number of pyridine rings is 1. The summed E-state index contributed by atoms with van der Waals surface area (Å²) in [5.74, 6) is -2.16. The van der Waals surface area contributed by atoms with E-state index in [1.807, 2.05) is 13.8 Å². The Balaban J connectivity index is 1.56. The number of aromatic nitrogens is 3. The maximum atomic E-state index is 13.8. The molecule has 0 spiro atoms. The number of carbonyl (C=O) groups excluding carboxylic acids is 4. The lowest BCUT2D eigenvalue weighted by Gasteiger charge is -2.25. The molecule has 0 unspecified atom stereocenters. The summed E-state index contributed by atoms with van der Waals surface area (Å²) >= 11 is 0. The van der Waals surface area contributed by atoms with E-state index in [0.717, 1.165) is 12.3 Å². The van der Waals surface area contributed by atoms with E-state index in [-0.39, 0.29) is 67.5 Å². The van der Waals surface area contributed by atoms with Crippen molar-refractivity contribution in [2.75, 3.05) is 26.2 Å². The number of carbonyl (C=O) groups is 4. The Bertz CT molecular complexity index is 1530. The van der Waals surface area contributed by atoms with Crippen LogP contribution in [0, 0.1) is 11.7 Å². The molecule has 13 heteroatoms. The molecule has 1 aliphatic rings. The maximum absolute atomic E-state index is 13.8. The number of aromatic amines is 1. The van der Waals surface area contributed by atoms with Crippen LogP contribution in [0.15, 0.2) is 41.5 Å². The summed E-state index contributed by atoms with van der Waals surface area (Å²) in [6.45, 7) is 5.13. The molecule has 4 N–H and O–H groups in total. The van der Waals surface area contributed by atoms with Crippen LogP contribution < -0.4 is 21.6 Å². The summed E-state index contributed by atoms with van der Waals surface area (Å²) in [7, 11) is 0. The van der Waals surface area contributed by atoms with Crippen molar-refractivity contribution in [1.82, 2.24) is 35.4 Å². The van der Waals surface area contributed by atoms with Gasteiger partial charge in [-0.1, -0.05) is 20.3 Å². The van der Waals surface area contributed by atoms with E-state index in [4.69, 9.17) is 0 Å². The van der Waals surface area contributed by atoms with Gasteiger partial charge >= 0.3 is 5.69 Å². The molecule has 0 fully saturated rings. The number of H-pyrrole nitrogens is 1. The minimum atomic E-state index is -0.738. The normalized spacial score (nSPS) is 18.8. The van der Waals surface area contributed by atoms with Crippen molar-refractivity contribution in [3.05, 3.63) is 64.1 Å². The smallest absolute Gasteiger partial charge is 0.326 e. The monoisotopic (exact) mass is 595 g/mol. The van der Waals surface area contributed by atoms with Crippen LogP contribution in [-0.2, 0) is 16.1 Å². The van der Waals surface area contributed by atoms with Crippen LogP contribution in [0.1, 0.15) is 66.7 Å². The number of nitrogens with zero attached hydrogens (tertiary/aromatic N) is 3. The standard InChI is InChI=1S/C30H38FN7O5/c1-3-19(2)26-28(41)34-11-6-14-38-24-16-20(8-9-23(24)35-30(38)43)27(40)33-10-5-13-37(12-4-7-25(39)36-26)29(42)21-15-22(31)18-32-17-21/h8-9,15-19,26H,3-7,10-14H2,1-2H3,(H,33,40)(H,34,41)(H,35,43)(H,36,39)/t19-,26-/m0/s1. The highest BCUT2D eigenvalue weighted by Crippen LogP contribution is 2.15. The van der Waals surface area contributed by atoms with Gasteiger partial charge in [0.25, 0.3) is 11.8 Å². The quantitative estimate of drug-likeness (QED) is 0.362. The van der Waals surface area contributed by atoms with Crippen molar-refractivity contribution in [3.8, 4) is 0 Å². The van der Waals surface area contributed by atoms with E-state index in [0.29, 0.717) is 48.8 Å². The Morgan fingerprint density at radius 1 is 1.02 bits per heavy atom. The highest BCUT2D eigenvalue weighted by atomic mass is 19.1. The second-order valence-corrected chi connectivity index (χ2v) is 10.8. The number of benzene rings is 1. The molecule has 0 saturated heterocycles. The lowest BCUT2D eigenvalue weighted by molar-refractivity contribution is -0.130. The molecule has 1 aliphatic heterocycles. The van der Waals surface area contributed by atoms with Gasteiger partial charge in [-0.15, -0.1) is 0 Å². The molecule has 0 saturated carbocycles. The van der Waals surface area contributed by atoms with Gasteiger partial charge in [-0.2, -0.15) is 0 Å². The molecule has 43 heavy (non-hydrogen) atoms. The average molecular weight is 596 g/mol. The summed E-state index contributed by atoms with van der Waals surface area (Å²) in [5, 5.41) is 8.55. The van der Waals surface area contributed by atoms with E-state index in [1.165, 1.54) is 15.7 Å². The minimum absolute atomic E-state index is 0.0735. The van der Waals surface area contributed by atoms with Gasteiger partial charge in [-0.25, -0.2) is 9.18 Å². The SMILES string of the molecule is CC[C@H](C)[C@@H]1NC(=O)CCCN(C(=O)c2cncc(F)c2)CCCNC(=O)c2ccc3[nH]c(=O)n(c3c2)CCCNC1=O. The molecule has 0 aliphatic carbocycles. The Labute approximate surface area is 248 Å². The number of aryl methyl sites for hydroxylation is 1. The third-order valence-corrected chi connectivity index (χ3v) is 7.67. The van der Waals surface area contributed by atoms with Crippen LogP contribution in [-0.4, -0.2) is 75.3 Å². The summed E-state index contributed by atoms with van der Waals surface area (Å²) < 4.78 is 15.3.